The Morgan fingerprint density at radius 3 is 3.06 bits per heavy atom. The molecule has 2 rings (SSSR count). The summed E-state index contributed by atoms with van der Waals surface area (Å²) in [6.07, 6.45) is 6.50. The van der Waals surface area contributed by atoms with Crippen molar-refractivity contribution >= 4 is 34.4 Å². The number of rotatable bonds is 3. The molecule has 1 aromatic heterocycles. The van der Waals surface area contributed by atoms with Gasteiger partial charge < -0.3 is 4.74 Å². The van der Waals surface area contributed by atoms with Crippen molar-refractivity contribution in [2.75, 3.05) is 6.61 Å². The summed E-state index contributed by atoms with van der Waals surface area (Å²) >= 11 is 6.14. The van der Waals surface area contributed by atoms with Crippen molar-refractivity contribution in [1.29, 1.82) is 0 Å². The number of halogens is 1. The Bertz CT molecular complexity index is 608. The van der Waals surface area contributed by atoms with Crippen molar-refractivity contribution in [1.82, 2.24) is 4.98 Å². The Balaban J connectivity index is 2.43. The lowest BCUT2D eigenvalue weighted by Crippen LogP contribution is -1.98. The van der Waals surface area contributed by atoms with Crippen LogP contribution < -0.4 is 0 Å². The Morgan fingerprint density at radius 1 is 1.44 bits per heavy atom. The molecule has 0 unspecified atom stereocenters. The number of hydrogen-bond acceptors (Lipinski definition) is 3. The zero-order chi connectivity index (χ0) is 13.0. The lowest BCUT2D eigenvalue weighted by molar-refractivity contribution is -0.137. The Kier molecular flexibility index (Phi) is 3.95. The molecular weight excluding hydrogens is 250 g/mol. The molecule has 92 valence electrons. The minimum atomic E-state index is -0.375. The van der Waals surface area contributed by atoms with Crippen LogP contribution in [0.25, 0.3) is 16.8 Å². The summed E-state index contributed by atoms with van der Waals surface area (Å²) in [5.74, 6) is -0.375. The third-order valence-corrected chi connectivity index (χ3v) is 2.81. The summed E-state index contributed by atoms with van der Waals surface area (Å²) in [6.45, 7) is 2.12. The van der Waals surface area contributed by atoms with Crippen LogP contribution in [0.3, 0.4) is 0 Å². The van der Waals surface area contributed by atoms with Gasteiger partial charge in [0.05, 0.1) is 6.61 Å². The first-order valence-corrected chi connectivity index (χ1v) is 5.97. The third kappa shape index (κ3) is 2.68. The number of carbonyl (C=O) groups excluding carboxylic acids is 1. The first-order chi connectivity index (χ1) is 8.72. The number of carbonyl (C=O) groups is 1. The fraction of sp³-hybridized carbons (Fsp3) is 0.143. The molecule has 1 aromatic carbocycles. The fourth-order valence-electron chi connectivity index (χ4n) is 1.68. The van der Waals surface area contributed by atoms with E-state index in [1.807, 2.05) is 12.1 Å². The molecule has 0 spiro atoms. The molecule has 0 bridgehead atoms. The summed E-state index contributed by atoms with van der Waals surface area (Å²) in [4.78, 5) is 15.3. The first-order valence-electron chi connectivity index (χ1n) is 5.59. The van der Waals surface area contributed by atoms with Crippen LogP contribution in [0, 0.1) is 0 Å². The van der Waals surface area contributed by atoms with E-state index < -0.39 is 0 Å². The van der Waals surface area contributed by atoms with Crippen LogP contribution in [0.1, 0.15) is 12.5 Å². The lowest BCUT2D eigenvalue weighted by Gasteiger charge is -2.04. The number of nitrogens with zero attached hydrogens (tertiary/aromatic N) is 1. The summed E-state index contributed by atoms with van der Waals surface area (Å²) in [7, 11) is 0. The first kappa shape index (κ1) is 12.6. The van der Waals surface area contributed by atoms with Crippen molar-refractivity contribution in [2.45, 2.75) is 6.92 Å². The summed E-state index contributed by atoms with van der Waals surface area (Å²) in [5, 5.41) is 2.53. The van der Waals surface area contributed by atoms with E-state index in [-0.39, 0.29) is 5.97 Å². The third-order valence-electron chi connectivity index (χ3n) is 2.48. The van der Waals surface area contributed by atoms with Gasteiger partial charge in [0.15, 0.2) is 0 Å². The molecule has 0 saturated carbocycles. The number of esters is 1. The molecule has 0 amide bonds. The summed E-state index contributed by atoms with van der Waals surface area (Å²) in [5.41, 5.74) is 0.796. The second kappa shape index (κ2) is 5.65. The Hall–Kier alpha value is -1.87. The van der Waals surface area contributed by atoms with E-state index in [4.69, 9.17) is 16.3 Å². The molecule has 4 heteroatoms. The molecule has 0 saturated heterocycles. The maximum absolute atomic E-state index is 11.3. The second-order valence-electron chi connectivity index (χ2n) is 3.64. The van der Waals surface area contributed by atoms with Gasteiger partial charge in [-0.2, -0.15) is 0 Å². The van der Waals surface area contributed by atoms with Gasteiger partial charge in [-0.25, -0.2) is 4.79 Å². The standard InChI is InChI=1S/C14H12ClNO2/c1-2-18-14(17)6-4-12-11-7-8-16-9-10(11)3-5-13(12)15/h3-9H,2H2,1H3/b6-4+. The molecule has 0 atom stereocenters. The lowest BCUT2D eigenvalue weighted by atomic mass is 10.1. The highest BCUT2D eigenvalue weighted by Gasteiger charge is 2.04. The van der Waals surface area contributed by atoms with E-state index in [2.05, 4.69) is 4.98 Å². The van der Waals surface area contributed by atoms with Gasteiger partial charge in [0.2, 0.25) is 0 Å². The number of hydrogen-bond donors (Lipinski definition) is 0. The zero-order valence-electron chi connectivity index (χ0n) is 9.89. The van der Waals surface area contributed by atoms with Gasteiger partial charge in [0, 0.05) is 34.4 Å². The Morgan fingerprint density at radius 2 is 2.28 bits per heavy atom. The SMILES string of the molecule is CCOC(=O)/C=C/c1c(Cl)ccc2cnccc12. The van der Waals surface area contributed by atoms with E-state index >= 15 is 0 Å². The van der Waals surface area contributed by atoms with Crippen molar-refractivity contribution < 1.29 is 9.53 Å². The molecule has 18 heavy (non-hydrogen) atoms. The molecule has 0 aliphatic carbocycles. The van der Waals surface area contributed by atoms with Crippen LogP contribution in [0.2, 0.25) is 5.02 Å². The van der Waals surface area contributed by atoms with Gasteiger partial charge >= 0.3 is 5.97 Å². The molecule has 1 heterocycles. The van der Waals surface area contributed by atoms with E-state index in [1.165, 1.54) is 6.08 Å². The topological polar surface area (TPSA) is 39.2 Å². The van der Waals surface area contributed by atoms with Gasteiger partial charge in [-0.1, -0.05) is 17.7 Å². The molecule has 0 N–H and O–H groups in total. The van der Waals surface area contributed by atoms with Gasteiger partial charge in [0.1, 0.15) is 0 Å². The molecule has 2 aromatic rings. The van der Waals surface area contributed by atoms with Gasteiger partial charge in [-0.3, -0.25) is 4.98 Å². The fourth-order valence-corrected chi connectivity index (χ4v) is 1.91. The molecule has 0 radical (unpaired) electrons. The molecule has 0 fully saturated rings. The quantitative estimate of drug-likeness (QED) is 0.627. The Labute approximate surface area is 110 Å². The van der Waals surface area contributed by atoms with Crippen molar-refractivity contribution in [3.05, 3.63) is 47.3 Å². The monoisotopic (exact) mass is 261 g/mol. The number of benzene rings is 1. The highest BCUT2D eigenvalue weighted by molar-refractivity contribution is 6.33. The summed E-state index contributed by atoms with van der Waals surface area (Å²) < 4.78 is 4.83. The van der Waals surface area contributed by atoms with Crippen molar-refractivity contribution in [3.63, 3.8) is 0 Å². The van der Waals surface area contributed by atoms with Crippen LogP contribution in [-0.2, 0) is 9.53 Å². The van der Waals surface area contributed by atoms with Crippen molar-refractivity contribution in [3.8, 4) is 0 Å². The smallest absolute Gasteiger partial charge is 0.330 e. The average molecular weight is 262 g/mol. The van der Waals surface area contributed by atoms with E-state index in [9.17, 15) is 4.79 Å². The van der Waals surface area contributed by atoms with Crippen molar-refractivity contribution in [2.24, 2.45) is 0 Å². The molecule has 0 aliphatic heterocycles. The van der Waals surface area contributed by atoms with E-state index in [1.54, 1.807) is 31.5 Å². The van der Waals surface area contributed by atoms with E-state index in [0.29, 0.717) is 11.6 Å². The molecule has 0 aliphatic rings. The number of ether oxygens (including phenoxy) is 1. The number of aromatic nitrogens is 1. The van der Waals surface area contributed by atoms with Crippen LogP contribution in [0.4, 0.5) is 0 Å². The number of pyridine rings is 1. The van der Waals surface area contributed by atoms with Crippen LogP contribution in [0.15, 0.2) is 36.7 Å². The average Bonchev–Trinajstić information content (AvgIpc) is 2.38. The summed E-state index contributed by atoms with van der Waals surface area (Å²) in [6, 6.07) is 5.55. The van der Waals surface area contributed by atoms with Crippen LogP contribution in [-0.4, -0.2) is 17.6 Å². The normalized spacial score (nSPS) is 11.0. The largest absolute Gasteiger partial charge is 0.463 e. The maximum atomic E-state index is 11.3. The second-order valence-corrected chi connectivity index (χ2v) is 4.05. The highest BCUT2D eigenvalue weighted by Crippen LogP contribution is 2.26. The predicted octanol–water partition coefficient (Wildman–Crippen LogP) is 3.46. The minimum Gasteiger partial charge on any atom is -0.463 e. The molecular formula is C14H12ClNO2. The highest BCUT2D eigenvalue weighted by atomic mass is 35.5. The van der Waals surface area contributed by atoms with Gasteiger partial charge in [-0.05, 0) is 30.5 Å². The zero-order valence-corrected chi connectivity index (χ0v) is 10.6. The predicted molar refractivity (Wildman–Crippen MR) is 72.4 cm³/mol. The maximum Gasteiger partial charge on any atom is 0.330 e. The van der Waals surface area contributed by atoms with E-state index in [0.717, 1.165) is 16.3 Å². The molecule has 3 nitrogen and oxygen atoms in total. The minimum absolute atomic E-state index is 0.358. The van der Waals surface area contributed by atoms with Crippen LogP contribution in [0.5, 0.6) is 0 Å². The number of fused-ring (bicyclic) bond motifs is 1. The van der Waals surface area contributed by atoms with Gasteiger partial charge in [0.25, 0.3) is 0 Å². The van der Waals surface area contributed by atoms with Crippen LogP contribution >= 0.6 is 11.6 Å². The van der Waals surface area contributed by atoms with Gasteiger partial charge in [-0.15, -0.1) is 0 Å².